The Labute approximate surface area is 122 Å². The van der Waals surface area contributed by atoms with Crippen molar-refractivity contribution in [2.75, 3.05) is 11.9 Å². The van der Waals surface area contributed by atoms with Gasteiger partial charge in [0.25, 0.3) is 5.91 Å². The molecule has 0 spiro atoms. The fraction of sp³-hybridized carbons (Fsp3) is 0.0833. The predicted octanol–water partition coefficient (Wildman–Crippen LogP) is 2.79. The molecule has 0 saturated carbocycles. The molecule has 5 nitrogen and oxygen atoms in total. The highest BCUT2D eigenvalue weighted by Gasteiger charge is 2.08. The molecule has 7 heteroatoms. The van der Waals surface area contributed by atoms with Crippen molar-refractivity contribution in [3.8, 4) is 11.8 Å². The maximum atomic E-state index is 11.6. The van der Waals surface area contributed by atoms with E-state index < -0.39 is 0 Å². The molecule has 96 valence electrons. The molecule has 0 saturated heterocycles. The van der Waals surface area contributed by atoms with E-state index in [1.54, 1.807) is 30.5 Å². The molecule has 0 radical (unpaired) electrons. The first-order valence-corrected chi connectivity index (χ1v) is 6.83. The number of thiazole rings is 1. The van der Waals surface area contributed by atoms with Gasteiger partial charge >= 0.3 is 0 Å². The third-order valence-electron chi connectivity index (χ3n) is 2.09. The molecule has 1 amide bonds. The number of anilines is 1. The maximum absolute atomic E-state index is 11.6. The Kier molecular flexibility index (Phi) is 4.49. The van der Waals surface area contributed by atoms with E-state index in [1.807, 2.05) is 6.07 Å². The van der Waals surface area contributed by atoms with Crippen LogP contribution in [0.25, 0.3) is 0 Å². The number of hydrogen-bond acceptors (Lipinski definition) is 5. The van der Waals surface area contributed by atoms with Crippen LogP contribution in [-0.4, -0.2) is 17.5 Å². The van der Waals surface area contributed by atoms with E-state index in [4.69, 9.17) is 10.00 Å². The Morgan fingerprint density at radius 2 is 2.32 bits per heavy atom. The number of nitriles is 1. The molecule has 0 unspecified atom stereocenters. The van der Waals surface area contributed by atoms with Gasteiger partial charge in [-0.2, -0.15) is 5.26 Å². The van der Waals surface area contributed by atoms with Gasteiger partial charge in [0.1, 0.15) is 11.8 Å². The molecule has 0 fully saturated rings. The number of para-hydroxylation sites is 1. The van der Waals surface area contributed by atoms with Gasteiger partial charge in [0.15, 0.2) is 11.7 Å². The average molecular weight is 338 g/mol. The number of rotatable bonds is 4. The van der Waals surface area contributed by atoms with Crippen LogP contribution < -0.4 is 10.1 Å². The maximum Gasteiger partial charge on any atom is 0.264 e. The molecule has 0 aliphatic carbocycles. The second-order valence-electron chi connectivity index (χ2n) is 3.41. The molecule has 0 atom stereocenters. The zero-order chi connectivity index (χ0) is 13.7. The first-order chi connectivity index (χ1) is 9.19. The zero-order valence-electron chi connectivity index (χ0n) is 9.59. The number of benzene rings is 1. The van der Waals surface area contributed by atoms with E-state index in [0.717, 1.165) is 3.79 Å². The van der Waals surface area contributed by atoms with Crippen molar-refractivity contribution in [1.29, 1.82) is 5.26 Å². The minimum atomic E-state index is -0.324. The summed E-state index contributed by atoms with van der Waals surface area (Å²) in [5.74, 6) is 0.0649. The zero-order valence-corrected chi connectivity index (χ0v) is 12.0. The number of ether oxygens (including phenoxy) is 1. The molecule has 1 heterocycles. The number of amides is 1. The van der Waals surface area contributed by atoms with Crippen molar-refractivity contribution in [2.24, 2.45) is 0 Å². The van der Waals surface area contributed by atoms with Crippen LogP contribution in [0.15, 0.2) is 34.2 Å². The topological polar surface area (TPSA) is 75.0 Å². The molecule has 0 bridgehead atoms. The van der Waals surface area contributed by atoms with Crippen LogP contribution in [-0.2, 0) is 4.79 Å². The summed E-state index contributed by atoms with van der Waals surface area (Å²) in [6.45, 7) is -0.171. The molecule has 2 aromatic rings. The second kappa shape index (κ2) is 6.31. The van der Waals surface area contributed by atoms with E-state index in [2.05, 4.69) is 26.2 Å². The van der Waals surface area contributed by atoms with Crippen molar-refractivity contribution < 1.29 is 9.53 Å². The van der Waals surface area contributed by atoms with Gasteiger partial charge in [-0.25, -0.2) is 4.98 Å². The van der Waals surface area contributed by atoms with Crippen LogP contribution in [0.3, 0.4) is 0 Å². The van der Waals surface area contributed by atoms with E-state index in [0.29, 0.717) is 16.4 Å². The van der Waals surface area contributed by atoms with Crippen molar-refractivity contribution >= 4 is 38.3 Å². The van der Waals surface area contributed by atoms with Gasteiger partial charge in [-0.05, 0) is 28.1 Å². The van der Waals surface area contributed by atoms with Gasteiger partial charge in [-0.3, -0.25) is 10.1 Å². The van der Waals surface area contributed by atoms with Crippen LogP contribution >= 0.6 is 27.3 Å². The SMILES string of the molecule is N#Cc1ccccc1OCC(=O)Nc1ncc(Br)s1. The van der Waals surface area contributed by atoms with E-state index in [1.165, 1.54) is 11.3 Å². The summed E-state index contributed by atoms with van der Waals surface area (Å²) in [5.41, 5.74) is 0.396. The summed E-state index contributed by atoms with van der Waals surface area (Å²) in [7, 11) is 0. The van der Waals surface area contributed by atoms with Crippen LogP contribution in [0.2, 0.25) is 0 Å². The van der Waals surface area contributed by atoms with Crippen molar-refractivity contribution in [3.05, 3.63) is 39.8 Å². The van der Waals surface area contributed by atoms with Gasteiger partial charge in [0.2, 0.25) is 0 Å². The average Bonchev–Trinajstić information content (AvgIpc) is 2.82. The second-order valence-corrected chi connectivity index (χ2v) is 5.82. The highest BCUT2D eigenvalue weighted by atomic mass is 79.9. The van der Waals surface area contributed by atoms with Crippen molar-refractivity contribution in [1.82, 2.24) is 4.98 Å². The minimum Gasteiger partial charge on any atom is -0.482 e. The lowest BCUT2D eigenvalue weighted by Crippen LogP contribution is -2.20. The number of carbonyl (C=O) groups is 1. The number of nitrogens with one attached hydrogen (secondary N) is 1. The Bertz CT molecular complexity index is 636. The Morgan fingerprint density at radius 1 is 1.53 bits per heavy atom. The van der Waals surface area contributed by atoms with Gasteiger partial charge in [0.05, 0.1) is 15.5 Å². The van der Waals surface area contributed by atoms with E-state index in [-0.39, 0.29) is 12.5 Å². The summed E-state index contributed by atoms with van der Waals surface area (Å²) in [6, 6.07) is 8.75. The van der Waals surface area contributed by atoms with Crippen LogP contribution in [0.5, 0.6) is 5.75 Å². The van der Waals surface area contributed by atoms with Gasteiger partial charge in [-0.15, -0.1) is 0 Å². The van der Waals surface area contributed by atoms with Crippen molar-refractivity contribution in [3.63, 3.8) is 0 Å². The quantitative estimate of drug-likeness (QED) is 0.930. The molecule has 19 heavy (non-hydrogen) atoms. The third kappa shape index (κ3) is 3.77. The molecule has 2 rings (SSSR count). The van der Waals surface area contributed by atoms with Crippen molar-refractivity contribution in [2.45, 2.75) is 0 Å². The Hall–Kier alpha value is -1.91. The number of hydrogen-bond donors (Lipinski definition) is 1. The molecular formula is C12H8BrN3O2S. The summed E-state index contributed by atoms with van der Waals surface area (Å²) >= 11 is 4.57. The molecular weight excluding hydrogens is 330 g/mol. The lowest BCUT2D eigenvalue weighted by Gasteiger charge is -2.06. The highest BCUT2D eigenvalue weighted by molar-refractivity contribution is 9.11. The smallest absolute Gasteiger partial charge is 0.264 e. The molecule has 0 aliphatic heterocycles. The van der Waals surface area contributed by atoms with Crippen LogP contribution in [0, 0.1) is 11.3 Å². The Morgan fingerprint density at radius 3 is 3.00 bits per heavy atom. The van der Waals surface area contributed by atoms with Gasteiger partial charge < -0.3 is 4.74 Å². The number of nitrogens with zero attached hydrogens (tertiary/aromatic N) is 2. The van der Waals surface area contributed by atoms with E-state index in [9.17, 15) is 4.79 Å². The van der Waals surface area contributed by atoms with Gasteiger partial charge in [-0.1, -0.05) is 23.5 Å². The summed E-state index contributed by atoms with van der Waals surface area (Å²) in [4.78, 5) is 15.6. The predicted molar refractivity (Wildman–Crippen MR) is 75.1 cm³/mol. The molecule has 1 aromatic carbocycles. The third-order valence-corrected chi connectivity index (χ3v) is 3.48. The summed E-state index contributed by atoms with van der Waals surface area (Å²) in [6.07, 6.45) is 1.60. The normalized spacial score (nSPS) is 9.68. The number of carbonyl (C=O) groups excluding carboxylic acids is 1. The van der Waals surface area contributed by atoms with E-state index >= 15 is 0 Å². The largest absolute Gasteiger partial charge is 0.482 e. The van der Waals surface area contributed by atoms with Crippen LogP contribution in [0.4, 0.5) is 5.13 Å². The standard InChI is InChI=1S/C12H8BrN3O2S/c13-10-6-15-12(19-10)16-11(17)7-18-9-4-2-1-3-8(9)5-14/h1-4,6H,7H2,(H,15,16,17). The van der Waals surface area contributed by atoms with Crippen LogP contribution in [0.1, 0.15) is 5.56 Å². The fourth-order valence-corrected chi connectivity index (χ4v) is 2.42. The minimum absolute atomic E-state index is 0.171. The molecule has 1 aromatic heterocycles. The lowest BCUT2D eigenvalue weighted by atomic mass is 10.2. The monoisotopic (exact) mass is 337 g/mol. The summed E-state index contributed by atoms with van der Waals surface area (Å²) < 4.78 is 6.13. The van der Waals surface area contributed by atoms with Gasteiger partial charge in [0, 0.05) is 0 Å². The first-order valence-electron chi connectivity index (χ1n) is 5.22. The number of halogens is 1. The lowest BCUT2D eigenvalue weighted by molar-refractivity contribution is -0.118. The number of aromatic nitrogens is 1. The summed E-state index contributed by atoms with van der Waals surface area (Å²) in [5, 5.41) is 12.0. The first kappa shape index (κ1) is 13.5. The molecule has 1 N–H and O–H groups in total. The Balaban J connectivity index is 1.92. The highest BCUT2D eigenvalue weighted by Crippen LogP contribution is 2.23. The fourth-order valence-electron chi connectivity index (χ4n) is 1.30. The molecule has 0 aliphatic rings.